The number of aryl methyl sites for hydroxylation is 1. The standard InChI is InChI=1S/C14H15BrN2OS/c1-9-17-12(8-19-9)6-16-7-13-5-10-4-11(15)2-3-14(10)18-13/h2-4,8,13,16H,5-7H2,1H3. The zero-order valence-electron chi connectivity index (χ0n) is 10.6. The third kappa shape index (κ3) is 3.16. The lowest BCUT2D eigenvalue weighted by Gasteiger charge is -2.10. The van der Waals surface area contributed by atoms with Gasteiger partial charge in [0.05, 0.1) is 10.7 Å². The van der Waals surface area contributed by atoms with Crippen LogP contribution in [0.25, 0.3) is 0 Å². The Kier molecular flexibility index (Phi) is 3.86. The van der Waals surface area contributed by atoms with E-state index in [2.05, 4.69) is 37.7 Å². The topological polar surface area (TPSA) is 34.2 Å². The SMILES string of the molecule is Cc1nc(CNCC2Cc3cc(Br)ccc3O2)cs1. The largest absolute Gasteiger partial charge is 0.488 e. The third-order valence-electron chi connectivity index (χ3n) is 3.11. The lowest BCUT2D eigenvalue weighted by Crippen LogP contribution is -2.29. The summed E-state index contributed by atoms with van der Waals surface area (Å²) in [6, 6.07) is 6.19. The van der Waals surface area contributed by atoms with E-state index in [1.807, 2.05) is 19.1 Å². The van der Waals surface area contributed by atoms with Crippen molar-refractivity contribution in [1.82, 2.24) is 10.3 Å². The molecule has 1 aromatic carbocycles. The molecule has 1 aliphatic heterocycles. The maximum absolute atomic E-state index is 5.90. The van der Waals surface area contributed by atoms with Crippen molar-refractivity contribution >= 4 is 27.3 Å². The molecule has 3 rings (SSSR count). The Bertz CT molecular complexity index is 585. The van der Waals surface area contributed by atoms with Crippen molar-refractivity contribution in [2.24, 2.45) is 0 Å². The zero-order chi connectivity index (χ0) is 13.2. The molecular formula is C14H15BrN2OS. The lowest BCUT2D eigenvalue weighted by atomic mass is 10.1. The van der Waals surface area contributed by atoms with Gasteiger partial charge in [-0.25, -0.2) is 4.98 Å². The molecule has 1 aromatic heterocycles. The highest BCUT2D eigenvalue weighted by molar-refractivity contribution is 9.10. The van der Waals surface area contributed by atoms with Gasteiger partial charge in [-0.2, -0.15) is 0 Å². The van der Waals surface area contributed by atoms with Gasteiger partial charge in [0.15, 0.2) is 0 Å². The molecule has 0 spiro atoms. The molecule has 1 unspecified atom stereocenters. The van der Waals surface area contributed by atoms with Crippen LogP contribution in [0.3, 0.4) is 0 Å². The maximum atomic E-state index is 5.90. The number of nitrogens with one attached hydrogen (secondary N) is 1. The molecule has 0 radical (unpaired) electrons. The predicted octanol–water partition coefficient (Wildman–Crippen LogP) is 3.31. The van der Waals surface area contributed by atoms with Gasteiger partial charge in [0, 0.05) is 29.4 Å². The average Bonchev–Trinajstić information content (AvgIpc) is 2.95. The number of fused-ring (bicyclic) bond motifs is 1. The normalized spacial score (nSPS) is 17.3. The van der Waals surface area contributed by atoms with Crippen LogP contribution in [-0.2, 0) is 13.0 Å². The van der Waals surface area contributed by atoms with Crippen molar-refractivity contribution in [1.29, 1.82) is 0 Å². The molecular weight excluding hydrogens is 324 g/mol. The van der Waals surface area contributed by atoms with Crippen molar-refractivity contribution in [2.45, 2.75) is 26.0 Å². The van der Waals surface area contributed by atoms with Gasteiger partial charge in [0.25, 0.3) is 0 Å². The fraction of sp³-hybridized carbons (Fsp3) is 0.357. The van der Waals surface area contributed by atoms with Crippen LogP contribution in [0.5, 0.6) is 5.75 Å². The van der Waals surface area contributed by atoms with E-state index in [9.17, 15) is 0 Å². The fourth-order valence-corrected chi connectivity index (χ4v) is 3.27. The molecule has 0 fully saturated rings. The van der Waals surface area contributed by atoms with Gasteiger partial charge in [0.2, 0.25) is 0 Å². The summed E-state index contributed by atoms with van der Waals surface area (Å²) in [5, 5.41) is 6.63. The molecule has 1 aliphatic rings. The Morgan fingerprint density at radius 3 is 3.21 bits per heavy atom. The first-order valence-corrected chi connectivity index (χ1v) is 7.95. The highest BCUT2D eigenvalue weighted by Gasteiger charge is 2.22. The first-order valence-electron chi connectivity index (χ1n) is 6.27. The Morgan fingerprint density at radius 1 is 1.53 bits per heavy atom. The minimum absolute atomic E-state index is 0.226. The number of benzene rings is 1. The molecule has 0 aliphatic carbocycles. The molecule has 2 heterocycles. The fourth-order valence-electron chi connectivity index (χ4n) is 2.25. The molecule has 5 heteroatoms. The highest BCUT2D eigenvalue weighted by atomic mass is 79.9. The second-order valence-electron chi connectivity index (χ2n) is 4.68. The van der Waals surface area contributed by atoms with Crippen LogP contribution in [-0.4, -0.2) is 17.6 Å². The summed E-state index contributed by atoms with van der Waals surface area (Å²) in [7, 11) is 0. The van der Waals surface area contributed by atoms with Gasteiger partial charge in [-0.05, 0) is 30.7 Å². The quantitative estimate of drug-likeness (QED) is 0.928. The summed E-state index contributed by atoms with van der Waals surface area (Å²) >= 11 is 5.18. The van der Waals surface area contributed by atoms with E-state index in [-0.39, 0.29) is 6.10 Å². The Labute approximate surface area is 125 Å². The van der Waals surface area contributed by atoms with Crippen molar-refractivity contribution in [3.8, 4) is 5.75 Å². The number of hydrogen-bond donors (Lipinski definition) is 1. The number of nitrogens with zero attached hydrogens (tertiary/aromatic N) is 1. The van der Waals surface area contributed by atoms with Crippen LogP contribution in [0, 0.1) is 6.92 Å². The summed E-state index contributed by atoms with van der Waals surface area (Å²) in [6.45, 7) is 3.69. The molecule has 19 heavy (non-hydrogen) atoms. The van der Waals surface area contributed by atoms with E-state index in [1.165, 1.54) is 5.56 Å². The molecule has 100 valence electrons. The van der Waals surface area contributed by atoms with Gasteiger partial charge >= 0.3 is 0 Å². The van der Waals surface area contributed by atoms with E-state index < -0.39 is 0 Å². The third-order valence-corrected chi connectivity index (χ3v) is 4.42. The summed E-state index contributed by atoms with van der Waals surface area (Å²) in [4.78, 5) is 4.43. The van der Waals surface area contributed by atoms with Crippen LogP contribution < -0.4 is 10.1 Å². The monoisotopic (exact) mass is 338 g/mol. The molecule has 1 N–H and O–H groups in total. The second-order valence-corrected chi connectivity index (χ2v) is 6.66. The minimum atomic E-state index is 0.226. The summed E-state index contributed by atoms with van der Waals surface area (Å²) in [6.07, 6.45) is 1.20. The summed E-state index contributed by atoms with van der Waals surface area (Å²) in [5.41, 5.74) is 2.39. The summed E-state index contributed by atoms with van der Waals surface area (Å²) in [5.74, 6) is 1.01. The summed E-state index contributed by atoms with van der Waals surface area (Å²) < 4.78 is 7.02. The Morgan fingerprint density at radius 2 is 2.42 bits per heavy atom. The van der Waals surface area contributed by atoms with E-state index in [1.54, 1.807) is 11.3 Å². The smallest absolute Gasteiger partial charge is 0.123 e. The van der Waals surface area contributed by atoms with Crippen LogP contribution in [0.15, 0.2) is 28.1 Å². The number of aromatic nitrogens is 1. The first kappa shape index (κ1) is 13.1. The predicted molar refractivity (Wildman–Crippen MR) is 80.8 cm³/mol. The molecule has 0 saturated carbocycles. The van der Waals surface area contributed by atoms with Gasteiger partial charge in [0.1, 0.15) is 11.9 Å². The van der Waals surface area contributed by atoms with Gasteiger partial charge in [-0.1, -0.05) is 15.9 Å². The van der Waals surface area contributed by atoms with E-state index in [0.717, 1.165) is 40.4 Å². The Balaban J connectivity index is 1.51. The van der Waals surface area contributed by atoms with Crippen molar-refractivity contribution in [3.63, 3.8) is 0 Å². The number of thiazole rings is 1. The van der Waals surface area contributed by atoms with Crippen molar-refractivity contribution < 1.29 is 4.74 Å². The molecule has 1 atom stereocenters. The van der Waals surface area contributed by atoms with Gasteiger partial charge in [-0.15, -0.1) is 11.3 Å². The van der Waals surface area contributed by atoms with Crippen LogP contribution >= 0.6 is 27.3 Å². The highest BCUT2D eigenvalue weighted by Crippen LogP contribution is 2.30. The Hall–Kier alpha value is -0.910. The molecule has 3 nitrogen and oxygen atoms in total. The molecule has 0 saturated heterocycles. The molecule has 0 amide bonds. The van der Waals surface area contributed by atoms with Crippen LogP contribution in [0.4, 0.5) is 0 Å². The molecule has 0 bridgehead atoms. The zero-order valence-corrected chi connectivity index (χ0v) is 13.1. The second kappa shape index (κ2) is 5.61. The number of halogens is 1. The van der Waals surface area contributed by atoms with Crippen LogP contribution in [0.2, 0.25) is 0 Å². The average molecular weight is 339 g/mol. The van der Waals surface area contributed by atoms with Gasteiger partial charge < -0.3 is 10.1 Å². The van der Waals surface area contributed by atoms with E-state index in [4.69, 9.17) is 4.74 Å². The molecule has 2 aromatic rings. The first-order chi connectivity index (χ1) is 9.20. The van der Waals surface area contributed by atoms with Gasteiger partial charge in [-0.3, -0.25) is 0 Å². The minimum Gasteiger partial charge on any atom is -0.488 e. The number of hydrogen-bond acceptors (Lipinski definition) is 4. The van der Waals surface area contributed by atoms with E-state index in [0.29, 0.717) is 0 Å². The number of rotatable bonds is 4. The van der Waals surface area contributed by atoms with Crippen molar-refractivity contribution in [3.05, 3.63) is 44.3 Å². The van der Waals surface area contributed by atoms with Crippen molar-refractivity contribution in [2.75, 3.05) is 6.54 Å². The van der Waals surface area contributed by atoms with Crippen LogP contribution in [0.1, 0.15) is 16.3 Å². The maximum Gasteiger partial charge on any atom is 0.123 e. The van der Waals surface area contributed by atoms with E-state index >= 15 is 0 Å². The number of ether oxygens (including phenoxy) is 1. The lowest BCUT2D eigenvalue weighted by molar-refractivity contribution is 0.227.